The van der Waals surface area contributed by atoms with Crippen molar-refractivity contribution < 1.29 is 9.15 Å². The number of ether oxygens (including phenoxy) is 1. The van der Waals surface area contributed by atoms with E-state index in [0.29, 0.717) is 0 Å². The van der Waals surface area contributed by atoms with Crippen LogP contribution in [0, 0.1) is 0 Å². The zero-order valence-electron chi connectivity index (χ0n) is 7.89. The zero-order chi connectivity index (χ0) is 11.3. The fraction of sp³-hybridized carbons (Fsp3) is 0.125. The molecule has 1 rings (SSSR count). The molecule has 0 saturated carbocycles. The second-order valence-electron chi connectivity index (χ2n) is 2.45. The van der Waals surface area contributed by atoms with Crippen LogP contribution in [0.1, 0.15) is 5.76 Å². The highest BCUT2D eigenvalue weighted by atomic mass is 32.1. The predicted octanol–water partition coefficient (Wildman–Crippen LogP) is -0.184. The number of hydrogen-bond acceptors (Lipinski definition) is 5. The third kappa shape index (κ3) is 3.39. The molecule has 0 unspecified atom stereocenters. The van der Waals surface area contributed by atoms with Gasteiger partial charge in [-0.05, 0) is 12.2 Å². The minimum Gasteiger partial charge on any atom is -0.490 e. The summed E-state index contributed by atoms with van der Waals surface area (Å²) in [5.41, 5.74) is 7.16. The van der Waals surface area contributed by atoms with Gasteiger partial charge in [0, 0.05) is 6.07 Å². The number of hydrazone groups is 1. The highest BCUT2D eigenvalue weighted by Crippen LogP contribution is 2.02. The second kappa shape index (κ2) is 5.11. The molecule has 1 heterocycles. The van der Waals surface area contributed by atoms with Gasteiger partial charge in [0.15, 0.2) is 10.9 Å². The maximum absolute atomic E-state index is 11.3. The van der Waals surface area contributed by atoms with Crippen LogP contribution in [0.2, 0.25) is 0 Å². The van der Waals surface area contributed by atoms with E-state index in [1.807, 2.05) is 0 Å². The Bertz CT molecular complexity index is 441. The molecule has 1 aromatic rings. The first-order valence-corrected chi connectivity index (χ1v) is 4.29. The maximum Gasteiger partial charge on any atom is 0.227 e. The number of methoxy groups -OCH3 is 1. The van der Waals surface area contributed by atoms with E-state index in [2.05, 4.69) is 22.7 Å². The lowest BCUT2D eigenvalue weighted by Crippen LogP contribution is -2.24. The fourth-order valence-corrected chi connectivity index (χ4v) is 0.843. The summed E-state index contributed by atoms with van der Waals surface area (Å²) in [6, 6.07) is 1.24. The van der Waals surface area contributed by atoms with Crippen LogP contribution in [0.5, 0.6) is 5.75 Å². The van der Waals surface area contributed by atoms with Gasteiger partial charge in [0.2, 0.25) is 11.2 Å². The summed E-state index contributed by atoms with van der Waals surface area (Å²) in [5.74, 6) is 0.402. The van der Waals surface area contributed by atoms with Crippen LogP contribution in [0.4, 0.5) is 0 Å². The van der Waals surface area contributed by atoms with Crippen LogP contribution in [0.3, 0.4) is 0 Å². The second-order valence-corrected chi connectivity index (χ2v) is 2.89. The average molecular weight is 227 g/mol. The van der Waals surface area contributed by atoms with Crippen molar-refractivity contribution >= 4 is 23.5 Å². The highest BCUT2D eigenvalue weighted by Gasteiger charge is 2.00. The monoisotopic (exact) mass is 227 g/mol. The molecule has 0 atom stereocenters. The summed E-state index contributed by atoms with van der Waals surface area (Å²) in [6.45, 7) is 0. The van der Waals surface area contributed by atoms with Crippen molar-refractivity contribution in [2.24, 2.45) is 10.8 Å². The molecule has 0 bridgehead atoms. The minimum absolute atomic E-state index is 0.0297. The number of rotatable bonds is 3. The third-order valence-electron chi connectivity index (χ3n) is 1.40. The molecule has 0 radical (unpaired) electrons. The van der Waals surface area contributed by atoms with Gasteiger partial charge in [0.1, 0.15) is 6.26 Å². The van der Waals surface area contributed by atoms with Crippen molar-refractivity contribution in [1.29, 1.82) is 0 Å². The molecule has 15 heavy (non-hydrogen) atoms. The predicted molar refractivity (Wildman–Crippen MR) is 59.0 cm³/mol. The highest BCUT2D eigenvalue weighted by molar-refractivity contribution is 7.80. The lowest BCUT2D eigenvalue weighted by atomic mass is 10.4. The minimum atomic E-state index is -0.291. The van der Waals surface area contributed by atoms with Gasteiger partial charge in [0.25, 0.3) is 0 Å². The molecule has 6 nitrogen and oxygen atoms in total. The van der Waals surface area contributed by atoms with E-state index < -0.39 is 0 Å². The van der Waals surface area contributed by atoms with Gasteiger partial charge < -0.3 is 14.9 Å². The standard InChI is InChI=1S/C8H9N3O3S/c1-13-7-4-14-5(2-6(7)12)3-10-11-8(9)15/h2-4H,1H3,(H3,9,11,15)/b10-3+. The topological polar surface area (TPSA) is 89.8 Å². The number of nitrogens with two attached hydrogens (primary N) is 1. The summed E-state index contributed by atoms with van der Waals surface area (Å²) in [4.78, 5) is 11.3. The zero-order valence-corrected chi connectivity index (χ0v) is 8.71. The van der Waals surface area contributed by atoms with Crippen molar-refractivity contribution in [2.75, 3.05) is 7.11 Å². The Labute approximate surface area is 90.7 Å². The van der Waals surface area contributed by atoms with Crippen LogP contribution in [0.25, 0.3) is 0 Å². The summed E-state index contributed by atoms with van der Waals surface area (Å²) in [5, 5.41) is 3.65. The van der Waals surface area contributed by atoms with Crippen molar-refractivity contribution in [1.82, 2.24) is 5.43 Å². The third-order valence-corrected chi connectivity index (χ3v) is 1.50. The van der Waals surface area contributed by atoms with E-state index in [9.17, 15) is 4.79 Å². The van der Waals surface area contributed by atoms with Gasteiger partial charge in [-0.3, -0.25) is 10.2 Å². The van der Waals surface area contributed by atoms with Crippen LogP contribution < -0.4 is 21.3 Å². The lowest BCUT2D eigenvalue weighted by Gasteiger charge is -1.97. The van der Waals surface area contributed by atoms with E-state index in [4.69, 9.17) is 14.9 Å². The molecule has 0 fully saturated rings. The summed E-state index contributed by atoms with van der Waals surface area (Å²) in [7, 11) is 1.38. The molecular formula is C8H9N3O3S. The molecule has 0 aliphatic rings. The SMILES string of the molecule is COc1coc(/C=N/NC(N)=S)cc1=O. The molecule has 1 aromatic heterocycles. The normalized spacial score (nSPS) is 10.2. The Morgan fingerprint density at radius 1 is 1.80 bits per heavy atom. The van der Waals surface area contributed by atoms with Gasteiger partial charge in [-0.15, -0.1) is 0 Å². The molecule has 0 spiro atoms. The Morgan fingerprint density at radius 2 is 2.53 bits per heavy atom. The molecule has 0 amide bonds. The van der Waals surface area contributed by atoms with Crippen molar-refractivity contribution in [3.63, 3.8) is 0 Å². The summed E-state index contributed by atoms with van der Waals surface area (Å²) < 4.78 is 9.75. The molecule has 0 saturated heterocycles. The fourth-order valence-electron chi connectivity index (χ4n) is 0.790. The van der Waals surface area contributed by atoms with Crippen molar-refractivity contribution in [3.8, 4) is 5.75 Å². The Kier molecular flexibility index (Phi) is 3.81. The largest absolute Gasteiger partial charge is 0.490 e. The Morgan fingerprint density at radius 3 is 3.07 bits per heavy atom. The molecule has 0 aromatic carbocycles. The van der Waals surface area contributed by atoms with Crippen molar-refractivity contribution in [3.05, 3.63) is 28.3 Å². The molecule has 0 aliphatic carbocycles. The van der Waals surface area contributed by atoms with E-state index in [0.717, 1.165) is 0 Å². The van der Waals surface area contributed by atoms with Crippen LogP contribution >= 0.6 is 12.2 Å². The van der Waals surface area contributed by atoms with E-state index in [1.54, 1.807) is 0 Å². The summed E-state index contributed by atoms with van der Waals surface area (Å²) in [6.07, 6.45) is 2.48. The molecule has 3 N–H and O–H groups in total. The number of nitrogens with one attached hydrogen (secondary N) is 1. The van der Waals surface area contributed by atoms with Crippen LogP contribution in [-0.4, -0.2) is 18.4 Å². The molecule has 7 heteroatoms. The number of nitrogens with zero attached hydrogens (tertiary/aromatic N) is 1. The smallest absolute Gasteiger partial charge is 0.227 e. The van der Waals surface area contributed by atoms with Crippen LogP contribution in [-0.2, 0) is 0 Å². The van der Waals surface area contributed by atoms with Gasteiger partial charge in [-0.2, -0.15) is 5.10 Å². The first kappa shape index (κ1) is 11.2. The first-order chi connectivity index (χ1) is 7.13. The van der Waals surface area contributed by atoms with Gasteiger partial charge in [-0.25, -0.2) is 0 Å². The Balaban J connectivity index is 2.80. The number of thiocarbonyl (C=S) groups is 1. The van der Waals surface area contributed by atoms with Gasteiger partial charge in [-0.1, -0.05) is 0 Å². The Hall–Kier alpha value is -1.89. The quantitative estimate of drug-likeness (QED) is 0.423. The summed E-state index contributed by atoms with van der Waals surface area (Å²) >= 11 is 4.52. The molecule has 0 aliphatic heterocycles. The van der Waals surface area contributed by atoms with E-state index in [-0.39, 0.29) is 22.1 Å². The maximum atomic E-state index is 11.3. The average Bonchev–Trinajstić information content (AvgIpc) is 2.17. The lowest BCUT2D eigenvalue weighted by molar-refractivity contribution is 0.386. The number of hydrogen-bond donors (Lipinski definition) is 2. The van der Waals surface area contributed by atoms with Gasteiger partial charge >= 0.3 is 0 Å². The van der Waals surface area contributed by atoms with Gasteiger partial charge in [0.05, 0.1) is 13.3 Å². The van der Waals surface area contributed by atoms with Crippen LogP contribution in [0.15, 0.2) is 26.6 Å². The van der Waals surface area contributed by atoms with E-state index >= 15 is 0 Å². The van der Waals surface area contributed by atoms with E-state index in [1.165, 1.54) is 25.7 Å². The van der Waals surface area contributed by atoms with Crippen molar-refractivity contribution in [2.45, 2.75) is 0 Å². The molecule has 80 valence electrons. The first-order valence-electron chi connectivity index (χ1n) is 3.89. The molecular weight excluding hydrogens is 218 g/mol.